The minimum Gasteiger partial charge on any atom is -0.507 e. The van der Waals surface area contributed by atoms with Crippen LogP contribution in [0.3, 0.4) is 0 Å². The van der Waals surface area contributed by atoms with E-state index in [1.807, 2.05) is 0 Å². The van der Waals surface area contributed by atoms with Crippen molar-refractivity contribution in [3.05, 3.63) is 35.8 Å². The van der Waals surface area contributed by atoms with Gasteiger partial charge in [-0.1, -0.05) is 0 Å². The summed E-state index contributed by atoms with van der Waals surface area (Å²) in [4.78, 5) is 25.8. The van der Waals surface area contributed by atoms with Crippen molar-refractivity contribution in [3.63, 3.8) is 0 Å². The van der Waals surface area contributed by atoms with Crippen LogP contribution >= 0.6 is 0 Å². The fourth-order valence-corrected chi connectivity index (χ4v) is 2.83. The van der Waals surface area contributed by atoms with Gasteiger partial charge >= 0.3 is 5.97 Å². The predicted octanol–water partition coefficient (Wildman–Crippen LogP) is 1.70. The molecule has 0 bridgehead atoms. The first-order chi connectivity index (χ1) is 11.5. The van der Waals surface area contributed by atoms with Crippen LogP contribution in [0, 0.1) is 5.82 Å². The van der Waals surface area contributed by atoms with E-state index < -0.39 is 23.7 Å². The molecule has 1 aromatic carbocycles. The second-order valence-electron chi connectivity index (χ2n) is 5.51. The van der Waals surface area contributed by atoms with Gasteiger partial charge in [0.1, 0.15) is 23.3 Å². The van der Waals surface area contributed by atoms with Crippen LogP contribution in [0.2, 0.25) is 0 Å². The molecule has 1 amide bonds. The van der Waals surface area contributed by atoms with Gasteiger partial charge in [-0.3, -0.25) is 9.89 Å². The number of likely N-dealkylation sites (tertiary alicyclic amines) is 1. The van der Waals surface area contributed by atoms with E-state index in [1.165, 1.54) is 24.1 Å². The average Bonchev–Trinajstić information content (AvgIpc) is 3.25. The van der Waals surface area contributed by atoms with Gasteiger partial charge in [-0.05, 0) is 37.1 Å². The first-order valence-electron chi connectivity index (χ1n) is 7.44. The summed E-state index contributed by atoms with van der Waals surface area (Å²) in [5.74, 6) is -1.51. The van der Waals surface area contributed by atoms with E-state index in [2.05, 4.69) is 10.2 Å². The molecule has 3 rings (SSSR count). The van der Waals surface area contributed by atoms with E-state index in [-0.39, 0.29) is 22.7 Å². The average molecular weight is 333 g/mol. The van der Waals surface area contributed by atoms with Crippen molar-refractivity contribution in [1.29, 1.82) is 0 Å². The van der Waals surface area contributed by atoms with E-state index in [1.54, 1.807) is 0 Å². The van der Waals surface area contributed by atoms with Crippen LogP contribution in [-0.2, 0) is 9.53 Å². The Labute approximate surface area is 137 Å². The van der Waals surface area contributed by atoms with E-state index >= 15 is 0 Å². The standard InChI is InChI=1S/C16H16FN3O4/c1-24-16(23)13-3-2-6-20(13)15(22)12-8-11(18-19-12)10-7-9(17)4-5-14(10)21/h4-5,7-8,13,21H,2-3,6H2,1H3,(H,18,19). The number of halogens is 1. The predicted molar refractivity (Wildman–Crippen MR) is 81.7 cm³/mol. The molecule has 1 aliphatic rings. The fraction of sp³-hybridized carbons (Fsp3) is 0.312. The molecule has 2 heterocycles. The number of benzene rings is 1. The summed E-state index contributed by atoms with van der Waals surface area (Å²) in [5, 5.41) is 16.4. The number of phenols is 1. The summed E-state index contributed by atoms with van der Waals surface area (Å²) in [6.45, 7) is 0.443. The molecule has 1 fully saturated rings. The van der Waals surface area contributed by atoms with Gasteiger partial charge in [-0.2, -0.15) is 5.10 Å². The lowest BCUT2D eigenvalue weighted by Crippen LogP contribution is -2.41. The number of aromatic nitrogens is 2. The second kappa shape index (κ2) is 6.31. The normalized spacial score (nSPS) is 17.1. The third-order valence-corrected chi connectivity index (χ3v) is 4.03. The summed E-state index contributed by atoms with van der Waals surface area (Å²) in [7, 11) is 1.28. The number of esters is 1. The second-order valence-corrected chi connectivity index (χ2v) is 5.51. The molecule has 8 heteroatoms. The number of H-pyrrole nitrogens is 1. The van der Waals surface area contributed by atoms with Crippen molar-refractivity contribution in [2.45, 2.75) is 18.9 Å². The first kappa shape index (κ1) is 16.0. The number of amides is 1. The lowest BCUT2D eigenvalue weighted by Gasteiger charge is -2.21. The van der Waals surface area contributed by atoms with Crippen LogP contribution in [0.1, 0.15) is 23.3 Å². The lowest BCUT2D eigenvalue weighted by atomic mass is 10.1. The number of nitrogens with one attached hydrogen (secondary N) is 1. The zero-order valence-corrected chi connectivity index (χ0v) is 13.0. The third kappa shape index (κ3) is 2.82. The summed E-state index contributed by atoms with van der Waals surface area (Å²) in [6, 6.07) is 4.28. The topological polar surface area (TPSA) is 95.5 Å². The molecule has 1 saturated heterocycles. The first-order valence-corrected chi connectivity index (χ1v) is 7.44. The Kier molecular flexibility index (Phi) is 4.20. The number of ether oxygens (including phenoxy) is 1. The molecule has 0 saturated carbocycles. The number of carbonyl (C=O) groups excluding carboxylic acids is 2. The van der Waals surface area contributed by atoms with E-state index in [4.69, 9.17) is 4.74 Å². The third-order valence-electron chi connectivity index (χ3n) is 4.03. The quantitative estimate of drug-likeness (QED) is 0.834. The van der Waals surface area contributed by atoms with E-state index in [0.717, 1.165) is 12.1 Å². The highest BCUT2D eigenvalue weighted by molar-refractivity contribution is 5.96. The molecule has 1 unspecified atom stereocenters. The van der Waals surface area contributed by atoms with Crippen molar-refractivity contribution in [2.75, 3.05) is 13.7 Å². The van der Waals surface area contributed by atoms with Crippen LogP contribution in [0.5, 0.6) is 5.75 Å². The highest BCUT2D eigenvalue weighted by Crippen LogP contribution is 2.29. The van der Waals surface area contributed by atoms with Crippen molar-refractivity contribution in [3.8, 4) is 17.0 Å². The summed E-state index contributed by atoms with van der Waals surface area (Å²) >= 11 is 0. The summed E-state index contributed by atoms with van der Waals surface area (Å²) in [5.41, 5.74) is 0.574. The minimum absolute atomic E-state index is 0.143. The number of phenolic OH excluding ortho intramolecular Hbond substituents is 1. The summed E-state index contributed by atoms with van der Waals surface area (Å²) in [6.07, 6.45) is 1.25. The minimum atomic E-state index is -0.614. The Morgan fingerprint density at radius 3 is 2.96 bits per heavy atom. The van der Waals surface area contributed by atoms with Gasteiger partial charge in [0.05, 0.1) is 12.8 Å². The number of hydrogen-bond donors (Lipinski definition) is 2. The fourth-order valence-electron chi connectivity index (χ4n) is 2.83. The lowest BCUT2D eigenvalue weighted by molar-refractivity contribution is -0.145. The van der Waals surface area contributed by atoms with Gasteiger partial charge in [-0.15, -0.1) is 0 Å². The maximum atomic E-state index is 13.3. The molecule has 1 aromatic heterocycles. The number of aromatic amines is 1. The Morgan fingerprint density at radius 2 is 2.21 bits per heavy atom. The maximum absolute atomic E-state index is 13.3. The zero-order valence-electron chi connectivity index (χ0n) is 13.0. The molecule has 2 aromatic rings. The van der Waals surface area contributed by atoms with E-state index in [9.17, 15) is 19.1 Å². The highest BCUT2D eigenvalue weighted by atomic mass is 19.1. The number of rotatable bonds is 3. The number of methoxy groups -OCH3 is 1. The Bertz CT molecular complexity index is 789. The molecular formula is C16H16FN3O4. The van der Waals surface area contributed by atoms with Crippen LogP contribution in [0.4, 0.5) is 4.39 Å². The monoisotopic (exact) mass is 333 g/mol. The van der Waals surface area contributed by atoms with Crippen LogP contribution in [0.15, 0.2) is 24.3 Å². The molecule has 2 N–H and O–H groups in total. The molecule has 1 aliphatic heterocycles. The highest BCUT2D eigenvalue weighted by Gasteiger charge is 2.36. The Balaban J connectivity index is 1.86. The SMILES string of the molecule is COC(=O)C1CCCN1C(=O)c1cc(-c2cc(F)ccc2O)n[nH]1. The van der Waals surface area contributed by atoms with Gasteiger partial charge < -0.3 is 14.7 Å². The van der Waals surface area contributed by atoms with E-state index in [0.29, 0.717) is 19.4 Å². The molecule has 24 heavy (non-hydrogen) atoms. The van der Waals surface area contributed by atoms with Gasteiger partial charge in [0, 0.05) is 12.1 Å². The van der Waals surface area contributed by atoms with Gasteiger partial charge in [0.25, 0.3) is 5.91 Å². The molecule has 126 valence electrons. The smallest absolute Gasteiger partial charge is 0.328 e. The summed E-state index contributed by atoms with van der Waals surface area (Å²) < 4.78 is 18.1. The zero-order chi connectivity index (χ0) is 17.3. The molecule has 0 aliphatic carbocycles. The molecular weight excluding hydrogens is 317 g/mol. The Hall–Kier alpha value is -2.90. The van der Waals surface area contributed by atoms with Crippen molar-refractivity contribution in [1.82, 2.24) is 15.1 Å². The molecule has 0 radical (unpaired) electrons. The molecule has 0 spiro atoms. The largest absolute Gasteiger partial charge is 0.507 e. The van der Waals surface area contributed by atoms with Crippen molar-refractivity contribution >= 4 is 11.9 Å². The number of carbonyl (C=O) groups is 2. The number of nitrogens with zero attached hydrogens (tertiary/aromatic N) is 2. The van der Waals surface area contributed by atoms with Gasteiger partial charge in [0.15, 0.2) is 0 Å². The molecule has 1 atom stereocenters. The molecule has 7 nitrogen and oxygen atoms in total. The van der Waals surface area contributed by atoms with Crippen LogP contribution in [-0.4, -0.2) is 51.8 Å². The maximum Gasteiger partial charge on any atom is 0.328 e. The van der Waals surface area contributed by atoms with Crippen molar-refractivity contribution < 1.29 is 23.8 Å². The van der Waals surface area contributed by atoms with Crippen molar-refractivity contribution in [2.24, 2.45) is 0 Å². The van der Waals surface area contributed by atoms with Gasteiger partial charge in [-0.25, -0.2) is 9.18 Å². The Morgan fingerprint density at radius 1 is 1.42 bits per heavy atom. The van der Waals surface area contributed by atoms with Crippen LogP contribution < -0.4 is 0 Å². The van der Waals surface area contributed by atoms with Crippen LogP contribution in [0.25, 0.3) is 11.3 Å². The number of hydrogen-bond acceptors (Lipinski definition) is 5. The van der Waals surface area contributed by atoms with Gasteiger partial charge in [0.2, 0.25) is 0 Å². The number of aromatic hydroxyl groups is 1.